The van der Waals surface area contributed by atoms with Crippen molar-refractivity contribution >= 4 is 35.1 Å². The predicted octanol–water partition coefficient (Wildman–Crippen LogP) is 2.53. The van der Waals surface area contributed by atoms with E-state index in [1.54, 1.807) is 26.0 Å². The largest absolute Gasteiger partial charge is 0.479 e. The van der Waals surface area contributed by atoms with Gasteiger partial charge in [-0.1, -0.05) is 23.2 Å². The fourth-order valence-electron chi connectivity index (χ4n) is 1.98. The van der Waals surface area contributed by atoms with E-state index in [-0.39, 0.29) is 38.6 Å². The van der Waals surface area contributed by atoms with E-state index >= 15 is 0 Å². The highest BCUT2D eigenvalue weighted by molar-refractivity contribution is 6.35. The van der Waals surface area contributed by atoms with Crippen LogP contribution in [0.2, 0.25) is 10.0 Å². The normalized spacial score (nSPS) is 11.7. The molecular formula is C16H21Cl2NO5. The second-order valence-corrected chi connectivity index (χ2v) is 5.78. The lowest BCUT2D eigenvalue weighted by Crippen LogP contribution is -2.43. The number of ether oxygens (including phenoxy) is 2. The van der Waals surface area contributed by atoms with E-state index in [9.17, 15) is 9.59 Å². The van der Waals surface area contributed by atoms with Crippen LogP contribution in [0.4, 0.5) is 0 Å². The van der Waals surface area contributed by atoms with Crippen LogP contribution < -0.4 is 4.74 Å². The topological polar surface area (TPSA) is 76.1 Å². The molecule has 0 aliphatic heterocycles. The molecule has 0 fully saturated rings. The quantitative estimate of drug-likeness (QED) is 0.669. The Labute approximate surface area is 151 Å². The summed E-state index contributed by atoms with van der Waals surface area (Å²) >= 11 is 11.8. The Morgan fingerprint density at radius 3 is 2.58 bits per heavy atom. The molecule has 0 aliphatic carbocycles. The molecule has 0 radical (unpaired) electrons. The van der Waals surface area contributed by atoms with Gasteiger partial charge in [0, 0.05) is 18.1 Å². The van der Waals surface area contributed by atoms with Gasteiger partial charge in [-0.2, -0.15) is 0 Å². The molecule has 1 amide bonds. The van der Waals surface area contributed by atoms with Crippen LogP contribution in [0.5, 0.6) is 5.75 Å². The Kier molecular flexibility index (Phi) is 8.89. The van der Waals surface area contributed by atoms with Gasteiger partial charge >= 0.3 is 5.97 Å². The first-order valence-electron chi connectivity index (χ1n) is 7.56. The first-order valence-corrected chi connectivity index (χ1v) is 8.31. The molecule has 0 spiro atoms. The molecule has 1 rings (SSSR count). The van der Waals surface area contributed by atoms with Crippen LogP contribution >= 0.6 is 23.2 Å². The van der Waals surface area contributed by atoms with Gasteiger partial charge < -0.3 is 19.5 Å². The number of halogens is 2. The smallest absolute Gasteiger partial charge is 0.307 e. The standard InChI is InChI=1S/C16H21Cl2NO5/c1-3-23-15(21)6-7-19(8-9-20)16(22)11(2)24-14-5-4-12(17)10-13(14)18/h4-5,10-11,20H,3,6-9H2,1-2H3. The number of hydrogen-bond acceptors (Lipinski definition) is 5. The van der Waals surface area contributed by atoms with Gasteiger partial charge in [0.05, 0.1) is 24.7 Å². The average Bonchev–Trinajstić information content (AvgIpc) is 2.53. The van der Waals surface area contributed by atoms with Gasteiger partial charge in [0.1, 0.15) is 5.75 Å². The minimum Gasteiger partial charge on any atom is -0.479 e. The van der Waals surface area contributed by atoms with E-state index in [2.05, 4.69) is 0 Å². The molecule has 1 aromatic rings. The molecule has 1 atom stereocenters. The number of aliphatic hydroxyl groups excluding tert-OH is 1. The minimum atomic E-state index is -0.836. The van der Waals surface area contributed by atoms with Crippen molar-refractivity contribution < 1.29 is 24.2 Å². The number of carbonyl (C=O) groups excluding carboxylic acids is 2. The van der Waals surface area contributed by atoms with Crippen molar-refractivity contribution in [2.75, 3.05) is 26.3 Å². The van der Waals surface area contributed by atoms with Gasteiger partial charge in [0.25, 0.3) is 5.91 Å². The number of carbonyl (C=O) groups is 2. The van der Waals surface area contributed by atoms with E-state index in [0.29, 0.717) is 15.8 Å². The zero-order valence-corrected chi connectivity index (χ0v) is 15.1. The number of amides is 1. The van der Waals surface area contributed by atoms with Gasteiger partial charge in [0.15, 0.2) is 6.10 Å². The third-order valence-electron chi connectivity index (χ3n) is 3.12. The van der Waals surface area contributed by atoms with Gasteiger partial charge in [-0.25, -0.2) is 0 Å². The maximum atomic E-state index is 12.5. The summed E-state index contributed by atoms with van der Waals surface area (Å²) in [6.07, 6.45) is -0.786. The summed E-state index contributed by atoms with van der Waals surface area (Å²) in [5.74, 6) is -0.432. The molecule has 0 bridgehead atoms. The number of nitrogens with zero attached hydrogens (tertiary/aromatic N) is 1. The molecule has 6 nitrogen and oxygen atoms in total. The molecule has 0 saturated carbocycles. The molecule has 8 heteroatoms. The molecule has 0 aromatic heterocycles. The first kappa shape index (κ1) is 20.5. The number of esters is 1. The Bertz CT molecular complexity index is 567. The maximum absolute atomic E-state index is 12.5. The summed E-state index contributed by atoms with van der Waals surface area (Å²) in [5, 5.41) is 9.87. The summed E-state index contributed by atoms with van der Waals surface area (Å²) in [4.78, 5) is 25.2. The minimum absolute atomic E-state index is 0.0496. The summed E-state index contributed by atoms with van der Waals surface area (Å²) in [6, 6.07) is 4.69. The van der Waals surface area contributed by atoms with E-state index in [1.165, 1.54) is 11.0 Å². The van der Waals surface area contributed by atoms with Crippen LogP contribution in [0.25, 0.3) is 0 Å². The Balaban J connectivity index is 2.69. The van der Waals surface area contributed by atoms with E-state index in [4.69, 9.17) is 37.8 Å². The van der Waals surface area contributed by atoms with Crippen LogP contribution in [0.3, 0.4) is 0 Å². The first-order chi connectivity index (χ1) is 11.4. The van der Waals surface area contributed by atoms with E-state index < -0.39 is 12.1 Å². The van der Waals surface area contributed by atoms with Crippen molar-refractivity contribution in [2.45, 2.75) is 26.4 Å². The average molecular weight is 378 g/mol. The molecule has 1 N–H and O–H groups in total. The third-order valence-corrected chi connectivity index (χ3v) is 3.65. The lowest BCUT2D eigenvalue weighted by molar-refractivity contribution is -0.145. The van der Waals surface area contributed by atoms with Crippen LogP contribution in [0, 0.1) is 0 Å². The summed E-state index contributed by atoms with van der Waals surface area (Å²) < 4.78 is 10.4. The summed E-state index contributed by atoms with van der Waals surface area (Å²) in [7, 11) is 0. The van der Waals surface area contributed by atoms with Crippen molar-refractivity contribution in [3.05, 3.63) is 28.2 Å². The molecule has 0 heterocycles. The van der Waals surface area contributed by atoms with Crippen LogP contribution in [-0.2, 0) is 14.3 Å². The number of rotatable bonds is 9. The Morgan fingerprint density at radius 2 is 2.00 bits per heavy atom. The van der Waals surface area contributed by atoms with Crippen LogP contribution in [0.15, 0.2) is 18.2 Å². The van der Waals surface area contributed by atoms with Crippen molar-refractivity contribution in [1.82, 2.24) is 4.90 Å². The molecule has 1 unspecified atom stereocenters. The fourth-order valence-corrected chi connectivity index (χ4v) is 2.43. The second-order valence-electron chi connectivity index (χ2n) is 4.94. The van der Waals surface area contributed by atoms with Gasteiger partial charge in [0.2, 0.25) is 0 Å². The van der Waals surface area contributed by atoms with Crippen molar-refractivity contribution in [1.29, 1.82) is 0 Å². The number of hydrogen-bond donors (Lipinski definition) is 1. The summed E-state index contributed by atoms with van der Waals surface area (Å²) in [6.45, 7) is 3.58. The second kappa shape index (κ2) is 10.4. The fraction of sp³-hybridized carbons (Fsp3) is 0.500. The summed E-state index contributed by atoms with van der Waals surface area (Å²) in [5.41, 5.74) is 0. The van der Waals surface area contributed by atoms with Crippen LogP contribution in [0.1, 0.15) is 20.3 Å². The SMILES string of the molecule is CCOC(=O)CCN(CCO)C(=O)C(C)Oc1ccc(Cl)cc1Cl. The van der Waals surface area contributed by atoms with Crippen molar-refractivity contribution in [3.8, 4) is 5.75 Å². The highest BCUT2D eigenvalue weighted by atomic mass is 35.5. The third kappa shape index (κ3) is 6.55. The van der Waals surface area contributed by atoms with Gasteiger partial charge in [-0.3, -0.25) is 9.59 Å². The van der Waals surface area contributed by atoms with E-state index in [0.717, 1.165) is 0 Å². The van der Waals surface area contributed by atoms with Gasteiger partial charge in [-0.05, 0) is 32.0 Å². The highest BCUT2D eigenvalue weighted by Crippen LogP contribution is 2.28. The number of benzene rings is 1. The molecular weight excluding hydrogens is 357 g/mol. The van der Waals surface area contributed by atoms with Crippen molar-refractivity contribution in [3.63, 3.8) is 0 Å². The number of aliphatic hydroxyl groups is 1. The molecule has 1 aromatic carbocycles. The van der Waals surface area contributed by atoms with Crippen LogP contribution in [-0.4, -0.2) is 54.3 Å². The maximum Gasteiger partial charge on any atom is 0.307 e. The highest BCUT2D eigenvalue weighted by Gasteiger charge is 2.23. The lowest BCUT2D eigenvalue weighted by Gasteiger charge is -2.25. The zero-order chi connectivity index (χ0) is 18.1. The Morgan fingerprint density at radius 1 is 1.29 bits per heavy atom. The molecule has 24 heavy (non-hydrogen) atoms. The Hall–Kier alpha value is -1.50. The lowest BCUT2D eigenvalue weighted by atomic mass is 10.3. The predicted molar refractivity (Wildman–Crippen MR) is 91.5 cm³/mol. The molecule has 134 valence electrons. The molecule has 0 saturated heterocycles. The monoisotopic (exact) mass is 377 g/mol. The molecule has 0 aliphatic rings. The van der Waals surface area contributed by atoms with E-state index in [1.807, 2.05) is 0 Å². The zero-order valence-electron chi connectivity index (χ0n) is 13.6. The van der Waals surface area contributed by atoms with Gasteiger partial charge in [-0.15, -0.1) is 0 Å². The van der Waals surface area contributed by atoms with Crippen molar-refractivity contribution in [2.24, 2.45) is 0 Å².